The van der Waals surface area contributed by atoms with Gasteiger partial charge >= 0.3 is 29.4 Å². The summed E-state index contributed by atoms with van der Waals surface area (Å²) in [4.78, 5) is 98.6. The minimum atomic E-state index is -5.59. The van der Waals surface area contributed by atoms with E-state index >= 15 is 0 Å². The van der Waals surface area contributed by atoms with Crippen molar-refractivity contribution in [1.82, 2.24) is 30.2 Å². The van der Waals surface area contributed by atoms with Crippen LogP contribution in [0.2, 0.25) is 0 Å². The molecule has 2 amide bonds. The summed E-state index contributed by atoms with van der Waals surface area (Å²) in [6.45, 7) is 1.78. The van der Waals surface area contributed by atoms with E-state index in [4.69, 9.17) is 24.3 Å². The third kappa shape index (κ3) is 17.6. The molecule has 1 fully saturated rings. The second kappa shape index (κ2) is 23.1. The number of imidazole rings is 1. The zero-order valence-electron chi connectivity index (χ0n) is 33.0. The van der Waals surface area contributed by atoms with Crippen molar-refractivity contribution in [3.8, 4) is 0 Å². The highest BCUT2D eigenvalue weighted by Gasteiger charge is 2.50. The van der Waals surface area contributed by atoms with Crippen LogP contribution in [0.5, 0.6) is 0 Å². The predicted octanol–water partition coefficient (Wildman–Crippen LogP) is -0.851. The van der Waals surface area contributed by atoms with Gasteiger partial charge < -0.3 is 60.7 Å². The highest BCUT2D eigenvalue weighted by molar-refractivity contribution is 8.13. The Balaban J connectivity index is 1.41. The standard InChI is InChI=1S/C30H50N7O20P3S/c1-17(38)52-10-5-4-6-18(39)12-21(41)61-11-9-32-20(40)7-8-33-28(44)25(43)30(2,3)14-54-60(50,51)57-59(48,49)53-13-19-24(56-58(45,46)47)23(42)29(55-19)37-16-36-22-26(31)34-15-35-27(22)37/h15-16,18-19,23-25,29,39,42-43H,4-14H2,1-3H3,(H,32,40)(H,33,44)(H,48,49)(H,50,51)(H2,31,34,35)(H2,45,46,47)/t18?,19-,23-,24-,25+,29-/m1/s1. The average Bonchev–Trinajstić information content (AvgIpc) is 3.71. The van der Waals surface area contributed by atoms with Crippen molar-refractivity contribution < 1.29 is 95.1 Å². The van der Waals surface area contributed by atoms with Crippen LogP contribution in [0.15, 0.2) is 12.7 Å². The summed E-state index contributed by atoms with van der Waals surface area (Å²) in [7, 11) is -16.5. The number of nitrogens with two attached hydrogens (primary N) is 1. The molecule has 0 radical (unpaired) electrons. The lowest BCUT2D eigenvalue weighted by Gasteiger charge is -2.30. The molecule has 0 spiro atoms. The van der Waals surface area contributed by atoms with E-state index in [0.29, 0.717) is 19.3 Å². The van der Waals surface area contributed by atoms with Gasteiger partial charge in [-0.1, -0.05) is 25.6 Å². The van der Waals surface area contributed by atoms with Crippen LogP contribution in [0.1, 0.15) is 59.1 Å². The van der Waals surface area contributed by atoms with Crippen LogP contribution in [-0.2, 0) is 60.2 Å². The lowest BCUT2D eigenvalue weighted by molar-refractivity contribution is -0.141. The number of nitrogens with one attached hydrogen (secondary N) is 2. The number of aliphatic hydroxyl groups is 3. The first kappa shape index (κ1) is 52.3. The fourth-order valence-electron chi connectivity index (χ4n) is 5.35. The third-order valence-corrected chi connectivity index (χ3v) is 12.4. The van der Waals surface area contributed by atoms with Gasteiger partial charge in [0, 0.05) is 44.0 Å². The van der Waals surface area contributed by atoms with E-state index in [1.54, 1.807) is 0 Å². The first-order chi connectivity index (χ1) is 28.3. The Morgan fingerprint density at radius 3 is 2.38 bits per heavy atom. The number of phosphoric ester groups is 3. The van der Waals surface area contributed by atoms with Gasteiger partial charge in [-0.05, 0) is 19.3 Å². The van der Waals surface area contributed by atoms with Gasteiger partial charge in [-0.15, -0.1) is 0 Å². The molecule has 61 heavy (non-hydrogen) atoms. The maximum Gasteiger partial charge on any atom is 0.481 e. The van der Waals surface area contributed by atoms with E-state index in [-0.39, 0.29) is 60.4 Å². The van der Waals surface area contributed by atoms with Crippen LogP contribution >= 0.6 is 35.2 Å². The molecule has 0 aliphatic carbocycles. The van der Waals surface area contributed by atoms with Gasteiger partial charge in [-0.25, -0.2) is 28.6 Å². The van der Waals surface area contributed by atoms with E-state index in [2.05, 4.69) is 34.4 Å². The summed E-state index contributed by atoms with van der Waals surface area (Å²) < 4.78 is 66.9. The van der Waals surface area contributed by atoms with Crippen LogP contribution in [0, 0.1) is 5.41 Å². The molecule has 1 aliphatic heterocycles. The molecule has 31 heteroatoms. The second-order valence-corrected chi connectivity index (χ2v) is 19.4. The van der Waals surface area contributed by atoms with Gasteiger partial charge in [-0.3, -0.25) is 37.3 Å². The number of nitrogen functional groups attached to an aromatic ring is 1. The SMILES string of the molecule is CC(=O)OCCCCC(O)CC(=O)SCCNC(=O)CCNC(=O)[C@H](O)C(C)(C)COP(=O)(O)OP(=O)(O)OC[C@H]1O[C@@H](n2cnc3c(N)ncnc32)[C@H](O)[C@@H]1OP(=O)(O)O. The number of fused-ring (bicyclic) bond motifs is 1. The molecule has 8 atom stereocenters. The first-order valence-corrected chi connectivity index (χ1v) is 23.7. The highest BCUT2D eigenvalue weighted by Crippen LogP contribution is 2.61. The van der Waals surface area contributed by atoms with Gasteiger partial charge in [0.2, 0.25) is 11.8 Å². The largest absolute Gasteiger partial charge is 0.481 e. The Hall–Kier alpha value is -3.01. The van der Waals surface area contributed by atoms with Crippen molar-refractivity contribution >= 4 is 75.1 Å². The molecule has 0 aromatic carbocycles. The fraction of sp³-hybridized carbons (Fsp3) is 0.700. The molecule has 0 bridgehead atoms. The lowest BCUT2D eigenvalue weighted by atomic mass is 9.87. The summed E-state index contributed by atoms with van der Waals surface area (Å²) in [6.07, 6.45) is -6.56. The topological polar surface area (TPSA) is 410 Å². The van der Waals surface area contributed by atoms with Gasteiger partial charge in [-0.2, -0.15) is 4.31 Å². The smallest absolute Gasteiger partial charge is 0.466 e. The van der Waals surface area contributed by atoms with Crippen molar-refractivity contribution in [1.29, 1.82) is 0 Å². The van der Waals surface area contributed by atoms with Gasteiger partial charge in [0.05, 0.1) is 32.3 Å². The Bertz CT molecular complexity index is 1970. The Morgan fingerprint density at radius 1 is 1.02 bits per heavy atom. The zero-order chi connectivity index (χ0) is 45.8. The molecule has 3 heterocycles. The number of ether oxygens (including phenoxy) is 2. The minimum absolute atomic E-state index is 0.0200. The molecule has 2 aromatic rings. The summed E-state index contributed by atoms with van der Waals surface area (Å²) in [5.74, 6) is -1.75. The second-order valence-electron chi connectivity index (χ2n) is 14.0. The molecule has 1 saturated heterocycles. The summed E-state index contributed by atoms with van der Waals surface area (Å²) >= 11 is 0.917. The quantitative estimate of drug-likeness (QED) is 0.0312. The number of hydrogen-bond donors (Lipinski definition) is 10. The van der Waals surface area contributed by atoms with E-state index in [9.17, 15) is 67.8 Å². The van der Waals surface area contributed by atoms with Crippen LogP contribution in [0.4, 0.5) is 5.82 Å². The summed E-state index contributed by atoms with van der Waals surface area (Å²) in [5, 5.41) is 36.0. The van der Waals surface area contributed by atoms with Gasteiger partial charge in [0.15, 0.2) is 22.8 Å². The Labute approximate surface area is 351 Å². The van der Waals surface area contributed by atoms with Crippen LogP contribution in [0.25, 0.3) is 11.2 Å². The third-order valence-electron chi connectivity index (χ3n) is 8.40. The number of aromatic nitrogens is 4. The normalized spacial score (nSPS) is 21.3. The molecule has 3 unspecified atom stereocenters. The first-order valence-electron chi connectivity index (χ1n) is 18.2. The molecule has 346 valence electrons. The lowest BCUT2D eigenvalue weighted by Crippen LogP contribution is -2.46. The molecule has 2 aromatic heterocycles. The van der Waals surface area contributed by atoms with Crippen molar-refractivity contribution in [2.75, 3.05) is 44.4 Å². The number of rotatable bonds is 26. The van der Waals surface area contributed by atoms with E-state index in [0.717, 1.165) is 29.0 Å². The molecular weight excluding hydrogens is 903 g/mol. The van der Waals surface area contributed by atoms with Crippen molar-refractivity contribution in [2.24, 2.45) is 5.41 Å². The summed E-state index contributed by atoms with van der Waals surface area (Å²) in [6, 6.07) is 0. The predicted molar refractivity (Wildman–Crippen MR) is 208 cm³/mol. The van der Waals surface area contributed by atoms with Gasteiger partial charge in [0.25, 0.3) is 0 Å². The number of carbonyl (C=O) groups is 4. The monoisotopic (exact) mass is 953 g/mol. The van der Waals surface area contributed by atoms with E-state index < -0.39 is 96.6 Å². The maximum absolute atomic E-state index is 12.7. The Kier molecular flexibility index (Phi) is 19.8. The van der Waals surface area contributed by atoms with E-state index in [1.165, 1.54) is 20.8 Å². The average molecular weight is 954 g/mol. The van der Waals surface area contributed by atoms with Crippen LogP contribution in [0.3, 0.4) is 0 Å². The number of amides is 2. The Morgan fingerprint density at radius 2 is 1.70 bits per heavy atom. The number of unbranched alkanes of at least 4 members (excludes halogenated alkanes) is 1. The number of thioether (sulfide) groups is 1. The zero-order valence-corrected chi connectivity index (χ0v) is 36.5. The number of carbonyl (C=O) groups excluding carboxylic acids is 4. The number of aliphatic hydroxyl groups excluding tert-OH is 3. The number of esters is 1. The minimum Gasteiger partial charge on any atom is -0.466 e. The molecule has 1 aliphatic rings. The maximum atomic E-state index is 12.7. The molecule has 11 N–H and O–H groups in total. The number of anilines is 1. The van der Waals surface area contributed by atoms with Gasteiger partial charge in [0.1, 0.15) is 36.3 Å². The number of hydrogen-bond acceptors (Lipinski definition) is 21. The van der Waals surface area contributed by atoms with Crippen LogP contribution < -0.4 is 16.4 Å². The van der Waals surface area contributed by atoms with Crippen LogP contribution in [-0.4, -0.2) is 146 Å². The van der Waals surface area contributed by atoms with Crippen molar-refractivity contribution in [3.63, 3.8) is 0 Å². The van der Waals surface area contributed by atoms with E-state index in [1.807, 2.05) is 0 Å². The molecule has 0 saturated carbocycles. The highest BCUT2D eigenvalue weighted by atomic mass is 32.2. The number of nitrogens with zero attached hydrogens (tertiary/aromatic N) is 4. The van der Waals surface area contributed by atoms with Crippen molar-refractivity contribution in [2.45, 2.75) is 89.6 Å². The fourth-order valence-corrected chi connectivity index (χ4v) is 8.92. The molecule has 3 rings (SSSR count). The molecular formula is C30H50N7O20P3S. The molecule has 27 nitrogen and oxygen atoms in total. The van der Waals surface area contributed by atoms with Crippen molar-refractivity contribution in [3.05, 3.63) is 12.7 Å². The number of phosphoric acid groups is 3. The summed E-state index contributed by atoms with van der Waals surface area (Å²) in [5.41, 5.74) is 4.21.